The number of aliphatic carboxylic acids is 1. The maximum absolute atomic E-state index is 12.2. The zero-order valence-electron chi connectivity index (χ0n) is 12.4. The molecule has 6 nitrogen and oxygen atoms in total. The van der Waals surface area contributed by atoms with Crippen LogP contribution in [0.5, 0.6) is 0 Å². The molecule has 21 heavy (non-hydrogen) atoms. The number of carboxylic acid groups (broad SMARTS) is 1. The van der Waals surface area contributed by atoms with E-state index in [1.54, 1.807) is 6.07 Å². The zero-order chi connectivity index (χ0) is 15.2. The van der Waals surface area contributed by atoms with Crippen LogP contribution in [-0.2, 0) is 4.79 Å². The minimum Gasteiger partial charge on any atom is -0.480 e. The second-order valence-corrected chi connectivity index (χ2v) is 5.71. The minimum absolute atomic E-state index is 0.208. The monoisotopic (exact) mass is 293 g/mol. The maximum atomic E-state index is 12.2. The normalized spacial score (nSPS) is 18.5. The molecule has 0 aliphatic heterocycles. The first kappa shape index (κ1) is 15.5. The van der Waals surface area contributed by atoms with E-state index in [1.165, 1.54) is 37.1 Å². The fraction of sp³-hybridized carbons (Fsp3) is 0.667. The van der Waals surface area contributed by atoms with Gasteiger partial charge < -0.3 is 10.4 Å². The lowest BCUT2D eigenvalue weighted by atomic mass is 9.96. The van der Waals surface area contributed by atoms with E-state index >= 15 is 0 Å². The highest BCUT2D eigenvalue weighted by Crippen LogP contribution is 2.17. The van der Waals surface area contributed by atoms with Gasteiger partial charge in [0.15, 0.2) is 0 Å². The van der Waals surface area contributed by atoms with Crippen LogP contribution in [0.1, 0.15) is 68.4 Å². The van der Waals surface area contributed by atoms with Crippen LogP contribution in [0.4, 0.5) is 0 Å². The number of nitrogens with one attached hydrogen (secondary N) is 1. The van der Waals surface area contributed by atoms with Gasteiger partial charge in [-0.05, 0) is 25.8 Å². The van der Waals surface area contributed by atoms with Gasteiger partial charge in [-0.1, -0.05) is 32.1 Å². The topological polar surface area (TPSA) is 84.2 Å². The molecular weight excluding hydrogens is 270 g/mol. The van der Waals surface area contributed by atoms with E-state index in [4.69, 9.17) is 5.11 Å². The first-order valence-corrected chi connectivity index (χ1v) is 7.67. The van der Waals surface area contributed by atoms with E-state index in [-0.39, 0.29) is 17.6 Å². The molecule has 1 unspecified atom stereocenters. The molecular formula is C15H23N3O3. The number of carboxylic acids is 1. The van der Waals surface area contributed by atoms with Crippen molar-refractivity contribution in [2.24, 2.45) is 0 Å². The highest BCUT2D eigenvalue weighted by molar-refractivity contribution is 5.92. The number of carbonyl (C=O) groups excluding carboxylic acids is 1. The summed E-state index contributed by atoms with van der Waals surface area (Å²) in [5, 5.41) is 16.0. The SMILES string of the molecule is CC(C(=O)O)n1ccc(C(=O)NC2CCCCCCC2)n1. The predicted octanol–water partition coefficient (Wildman–Crippen LogP) is 2.37. The number of aromatic nitrogens is 2. The molecule has 1 saturated carbocycles. The van der Waals surface area contributed by atoms with E-state index in [0.717, 1.165) is 25.7 Å². The molecule has 6 heteroatoms. The number of rotatable bonds is 4. The zero-order valence-corrected chi connectivity index (χ0v) is 12.4. The molecule has 1 atom stereocenters. The molecule has 1 amide bonds. The minimum atomic E-state index is -0.968. The number of hydrogen-bond donors (Lipinski definition) is 2. The summed E-state index contributed by atoms with van der Waals surface area (Å²) in [5.74, 6) is -1.18. The lowest BCUT2D eigenvalue weighted by Gasteiger charge is -2.20. The molecule has 1 aromatic rings. The van der Waals surface area contributed by atoms with Crippen molar-refractivity contribution in [3.05, 3.63) is 18.0 Å². The van der Waals surface area contributed by atoms with Gasteiger partial charge >= 0.3 is 5.97 Å². The maximum Gasteiger partial charge on any atom is 0.328 e. The van der Waals surface area contributed by atoms with Crippen LogP contribution in [0.25, 0.3) is 0 Å². The van der Waals surface area contributed by atoms with Crippen molar-refractivity contribution < 1.29 is 14.7 Å². The van der Waals surface area contributed by atoms with E-state index < -0.39 is 12.0 Å². The molecule has 0 aromatic carbocycles. The Labute approximate surface area is 124 Å². The molecule has 116 valence electrons. The molecule has 0 radical (unpaired) electrons. The average Bonchev–Trinajstić information content (AvgIpc) is 2.90. The summed E-state index contributed by atoms with van der Waals surface area (Å²) in [7, 11) is 0. The lowest BCUT2D eigenvalue weighted by Crippen LogP contribution is -2.35. The first-order chi connectivity index (χ1) is 10.1. The van der Waals surface area contributed by atoms with Crippen molar-refractivity contribution in [3.8, 4) is 0 Å². The second kappa shape index (κ2) is 7.24. The number of carbonyl (C=O) groups is 2. The van der Waals surface area contributed by atoms with Gasteiger partial charge in [0.2, 0.25) is 0 Å². The van der Waals surface area contributed by atoms with Crippen molar-refractivity contribution in [2.75, 3.05) is 0 Å². The summed E-state index contributed by atoms with van der Waals surface area (Å²) in [6, 6.07) is 1.00. The van der Waals surface area contributed by atoms with Crippen molar-refractivity contribution in [1.29, 1.82) is 0 Å². The molecule has 1 heterocycles. The van der Waals surface area contributed by atoms with Gasteiger partial charge in [0, 0.05) is 12.2 Å². The average molecular weight is 293 g/mol. The highest BCUT2D eigenvalue weighted by atomic mass is 16.4. The lowest BCUT2D eigenvalue weighted by molar-refractivity contribution is -0.140. The summed E-state index contributed by atoms with van der Waals surface area (Å²) < 4.78 is 1.30. The molecule has 2 N–H and O–H groups in total. The van der Waals surface area contributed by atoms with Crippen LogP contribution in [0.3, 0.4) is 0 Å². The predicted molar refractivity (Wildman–Crippen MR) is 78.1 cm³/mol. The van der Waals surface area contributed by atoms with Crippen LogP contribution in [-0.4, -0.2) is 32.8 Å². The third-order valence-corrected chi connectivity index (χ3v) is 4.04. The van der Waals surface area contributed by atoms with E-state index in [9.17, 15) is 9.59 Å². The van der Waals surface area contributed by atoms with Gasteiger partial charge in [-0.25, -0.2) is 4.79 Å². The molecule has 0 spiro atoms. The molecule has 0 saturated heterocycles. The van der Waals surface area contributed by atoms with Crippen LogP contribution in [0.15, 0.2) is 12.3 Å². The summed E-state index contributed by atoms with van der Waals surface area (Å²) in [4.78, 5) is 23.1. The number of nitrogens with zero attached hydrogens (tertiary/aromatic N) is 2. The Balaban J connectivity index is 1.94. The number of amides is 1. The Morgan fingerprint density at radius 3 is 2.52 bits per heavy atom. The van der Waals surface area contributed by atoms with Crippen molar-refractivity contribution in [3.63, 3.8) is 0 Å². The van der Waals surface area contributed by atoms with Crippen LogP contribution in [0.2, 0.25) is 0 Å². The first-order valence-electron chi connectivity index (χ1n) is 7.67. The number of hydrogen-bond acceptors (Lipinski definition) is 3. The van der Waals surface area contributed by atoms with Crippen LogP contribution in [0, 0.1) is 0 Å². The smallest absolute Gasteiger partial charge is 0.328 e. The van der Waals surface area contributed by atoms with Gasteiger partial charge in [-0.2, -0.15) is 5.10 Å². The van der Waals surface area contributed by atoms with E-state index in [0.29, 0.717) is 0 Å². The van der Waals surface area contributed by atoms with Crippen molar-refractivity contribution >= 4 is 11.9 Å². The van der Waals surface area contributed by atoms with Gasteiger partial charge in [0.25, 0.3) is 5.91 Å². The second-order valence-electron chi connectivity index (χ2n) is 5.71. The summed E-state index contributed by atoms with van der Waals surface area (Å²) in [6.07, 6.45) is 9.61. The summed E-state index contributed by atoms with van der Waals surface area (Å²) in [6.45, 7) is 1.53. The summed E-state index contributed by atoms with van der Waals surface area (Å²) in [5.41, 5.74) is 0.283. The van der Waals surface area contributed by atoms with Crippen molar-refractivity contribution in [1.82, 2.24) is 15.1 Å². The van der Waals surface area contributed by atoms with Crippen LogP contribution >= 0.6 is 0 Å². The van der Waals surface area contributed by atoms with Gasteiger partial charge in [-0.3, -0.25) is 9.48 Å². The van der Waals surface area contributed by atoms with E-state index in [2.05, 4.69) is 10.4 Å². The van der Waals surface area contributed by atoms with Crippen molar-refractivity contribution in [2.45, 2.75) is 64.0 Å². The van der Waals surface area contributed by atoms with Gasteiger partial charge in [-0.15, -0.1) is 0 Å². The Kier molecular flexibility index (Phi) is 5.36. The van der Waals surface area contributed by atoms with E-state index in [1.807, 2.05) is 0 Å². The molecule has 2 rings (SSSR count). The Hall–Kier alpha value is -1.85. The quantitative estimate of drug-likeness (QED) is 0.892. The Morgan fingerprint density at radius 1 is 1.29 bits per heavy atom. The van der Waals surface area contributed by atoms with Gasteiger partial charge in [0.05, 0.1) is 0 Å². The molecule has 1 aromatic heterocycles. The molecule has 0 bridgehead atoms. The molecule has 1 aliphatic carbocycles. The fourth-order valence-corrected chi connectivity index (χ4v) is 2.65. The third kappa shape index (κ3) is 4.31. The Bertz CT molecular complexity index is 490. The fourth-order valence-electron chi connectivity index (χ4n) is 2.65. The summed E-state index contributed by atoms with van der Waals surface area (Å²) >= 11 is 0. The third-order valence-electron chi connectivity index (χ3n) is 4.04. The van der Waals surface area contributed by atoms with Gasteiger partial charge in [0.1, 0.15) is 11.7 Å². The molecule has 1 aliphatic rings. The molecule has 1 fully saturated rings. The Morgan fingerprint density at radius 2 is 1.90 bits per heavy atom. The van der Waals surface area contributed by atoms with Crippen LogP contribution < -0.4 is 5.32 Å². The largest absolute Gasteiger partial charge is 0.480 e. The highest BCUT2D eigenvalue weighted by Gasteiger charge is 2.19. The standard InChI is InChI=1S/C15H23N3O3/c1-11(15(20)21)18-10-9-13(17-18)14(19)16-12-7-5-3-2-4-6-8-12/h9-12H,2-8H2,1H3,(H,16,19)(H,20,21).